The van der Waals surface area contributed by atoms with Crippen LogP contribution >= 0.6 is 22.7 Å². The molecule has 1 saturated heterocycles. The zero-order valence-corrected chi connectivity index (χ0v) is 35.7. The number of carbonyl (C=O) groups is 2. The number of carboxylic acid groups (broad SMARTS) is 1. The van der Waals surface area contributed by atoms with Crippen molar-refractivity contribution in [2.45, 2.75) is 51.2 Å². The van der Waals surface area contributed by atoms with Crippen LogP contribution in [-0.4, -0.2) is 95.1 Å². The zero-order chi connectivity index (χ0) is 47.3. The van der Waals surface area contributed by atoms with E-state index in [0.717, 1.165) is 35.3 Å². The van der Waals surface area contributed by atoms with E-state index in [2.05, 4.69) is 69.7 Å². The fourth-order valence-electron chi connectivity index (χ4n) is 6.38. The lowest BCUT2D eigenvalue weighted by atomic mass is 10.2. The van der Waals surface area contributed by atoms with Crippen LogP contribution in [0.3, 0.4) is 0 Å². The summed E-state index contributed by atoms with van der Waals surface area (Å²) in [7, 11) is 0. The van der Waals surface area contributed by atoms with E-state index in [9.17, 15) is 41.0 Å². The van der Waals surface area contributed by atoms with Crippen molar-refractivity contribution in [1.29, 1.82) is 0 Å². The number of halogens is 6. The number of hydrogen-bond acceptors (Lipinski definition) is 20. The van der Waals surface area contributed by atoms with Gasteiger partial charge in [-0.05, 0) is 56.2 Å². The topological polar surface area (TPSA) is 245 Å². The summed E-state index contributed by atoms with van der Waals surface area (Å²) in [5, 5.41) is 32.0. The third kappa shape index (κ3) is 10.8. The lowest BCUT2D eigenvalue weighted by Gasteiger charge is -2.23. The summed E-state index contributed by atoms with van der Waals surface area (Å²) in [6, 6.07) is 9.70. The van der Waals surface area contributed by atoms with Gasteiger partial charge >= 0.3 is 30.1 Å². The number of hydrogen-bond donors (Lipinski definition) is 1. The molecule has 0 saturated carbocycles. The number of aromatic carboxylic acids is 1. The summed E-state index contributed by atoms with van der Waals surface area (Å²) in [5.74, 6) is -3.07. The van der Waals surface area contributed by atoms with Crippen molar-refractivity contribution in [2.24, 2.45) is 0 Å². The second kappa shape index (κ2) is 19.3. The first kappa shape index (κ1) is 45.7. The summed E-state index contributed by atoms with van der Waals surface area (Å²) in [4.78, 5) is 55.2. The standard InChI is InChI=1S/C22H19F3N8O2S.C17H10F3N7O3S/c1-13-3-2-8-32(13)20(34)14-9-17(30-28-10-14)33(18-11-26-6-7-27-18)12-15-4-5-16(36-15)19-29-21(35-31-19)22(23,24)25;18-17(19,20)16-24-14(26-30-16)11-2-1-10(31-11)8-27(13-7-21-3-4-22-13)12-5-9(15(28)29)6-23-25-12/h4-7,9-11,13H,2-3,8,12H2,1H3;1-7H,8H2,(H,28,29)/t13-;/m0./s1. The third-order valence-corrected chi connectivity index (χ3v) is 11.7. The first-order valence-electron chi connectivity index (χ1n) is 19.4. The van der Waals surface area contributed by atoms with Gasteiger partial charge in [0.25, 0.3) is 5.91 Å². The Hall–Kier alpha value is -7.88. The smallest absolute Gasteiger partial charge is 0.471 e. The molecule has 0 aliphatic carbocycles. The minimum absolute atomic E-state index is 0.0720. The van der Waals surface area contributed by atoms with E-state index in [1.54, 1.807) is 46.3 Å². The van der Waals surface area contributed by atoms with Gasteiger partial charge in [0.15, 0.2) is 23.3 Å². The van der Waals surface area contributed by atoms with Crippen LogP contribution < -0.4 is 9.80 Å². The Morgan fingerprint density at radius 2 is 1.21 bits per heavy atom. The zero-order valence-electron chi connectivity index (χ0n) is 34.1. The summed E-state index contributed by atoms with van der Waals surface area (Å²) in [5.41, 5.74) is 0.332. The number of anilines is 4. The second-order valence-corrected chi connectivity index (χ2v) is 16.4. The number of aromatic nitrogens is 12. The third-order valence-electron chi connectivity index (χ3n) is 9.53. The summed E-state index contributed by atoms with van der Waals surface area (Å²) >= 11 is 2.32. The number of carbonyl (C=O) groups excluding carboxylic acids is 1. The number of rotatable bonds is 12. The van der Waals surface area contributed by atoms with E-state index in [0.29, 0.717) is 44.2 Å². The fraction of sp³-hybridized carbons (Fsp3) is 0.231. The lowest BCUT2D eigenvalue weighted by molar-refractivity contribution is -0.160. The van der Waals surface area contributed by atoms with Gasteiger partial charge in [0.1, 0.15) is 0 Å². The van der Waals surface area contributed by atoms with Crippen LogP contribution in [0.4, 0.5) is 49.6 Å². The number of thiophene rings is 2. The Balaban J connectivity index is 0.000000184. The van der Waals surface area contributed by atoms with Crippen LogP contribution in [0.2, 0.25) is 0 Å². The molecule has 28 heteroatoms. The fourth-order valence-corrected chi connectivity index (χ4v) is 8.23. The highest BCUT2D eigenvalue weighted by Crippen LogP contribution is 2.36. The SMILES string of the molecule is C[C@H]1CCCN1C(=O)c1cnnc(N(Cc2ccc(-c3noc(C(F)(F)F)n3)s2)c2cnccn2)c1.O=C(O)c1cnnc(N(Cc2ccc(-c3noc(C(F)(F)F)n3)s2)c2cnccn2)c1. The van der Waals surface area contributed by atoms with Gasteiger partial charge in [-0.15, -0.1) is 32.9 Å². The molecule has 9 heterocycles. The molecule has 0 spiro atoms. The van der Waals surface area contributed by atoms with Gasteiger partial charge < -0.3 is 28.9 Å². The largest absolute Gasteiger partial charge is 0.478 e. The molecule has 1 fully saturated rings. The predicted octanol–water partition coefficient (Wildman–Crippen LogP) is 7.79. The quantitative estimate of drug-likeness (QED) is 0.115. The van der Waals surface area contributed by atoms with Crippen molar-refractivity contribution in [3.8, 4) is 21.4 Å². The molecular weight excluding hydrogens is 937 g/mol. The molecule has 20 nitrogen and oxygen atoms in total. The van der Waals surface area contributed by atoms with Crippen LogP contribution in [0.1, 0.15) is 62.0 Å². The average molecular weight is 966 g/mol. The van der Waals surface area contributed by atoms with Crippen LogP contribution in [0.15, 0.2) is 95.0 Å². The maximum absolute atomic E-state index is 13.1. The summed E-state index contributed by atoms with van der Waals surface area (Å²) in [6.07, 6.45) is 3.97. The Morgan fingerprint density at radius 3 is 1.63 bits per heavy atom. The van der Waals surface area contributed by atoms with E-state index < -0.39 is 30.1 Å². The molecule has 1 aliphatic heterocycles. The second-order valence-electron chi connectivity index (χ2n) is 14.1. The highest BCUT2D eigenvalue weighted by atomic mass is 32.1. The Labute approximate surface area is 380 Å². The first-order valence-corrected chi connectivity index (χ1v) is 21.0. The van der Waals surface area contributed by atoms with Crippen molar-refractivity contribution >= 4 is 57.8 Å². The number of amides is 1. The van der Waals surface area contributed by atoms with Gasteiger partial charge in [0.05, 0.1) is 58.8 Å². The number of carboxylic acids is 1. The Kier molecular flexibility index (Phi) is 13.2. The number of alkyl halides is 6. The molecule has 8 aromatic rings. The van der Waals surface area contributed by atoms with E-state index in [1.165, 1.54) is 54.6 Å². The van der Waals surface area contributed by atoms with Crippen molar-refractivity contribution in [3.05, 3.63) is 119 Å². The molecule has 344 valence electrons. The predicted molar refractivity (Wildman–Crippen MR) is 222 cm³/mol. The molecule has 8 aromatic heterocycles. The van der Waals surface area contributed by atoms with Gasteiger partial charge in [0.2, 0.25) is 11.6 Å². The molecule has 0 unspecified atom stereocenters. The highest BCUT2D eigenvalue weighted by molar-refractivity contribution is 7.15. The van der Waals surface area contributed by atoms with Crippen molar-refractivity contribution in [1.82, 2.24) is 65.5 Å². The van der Waals surface area contributed by atoms with Gasteiger partial charge in [-0.3, -0.25) is 14.8 Å². The van der Waals surface area contributed by atoms with Crippen LogP contribution in [0, 0.1) is 0 Å². The molecule has 0 aromatic carbocycles. The Morgan fingerprint density at radius 1 is 0.716 bits per heavy atom. The Bertz CT molecular complexity index is 2970. The molecule has 0 bridgehead atoms. The van der Waals surface area contributed by atoms with E-state index in [4.69, 9.17) is 0 Å². The minimum atomic E-state index is -4.73. The normalized spacial score (nSPS) is 13.8. The maximum atomic E-state index is 13.1. The van der Waals surface area contributed by atoms with Crippen LogP contribution in [0.25, 0.3) is 21.4 Å². The molecule has 67 heavy (non-hydrogen) atoms. The van der Waals surface area contributed by atoms with Gasteiger partial charge in [-0.1, -0.05) is 10.3 Å². The first-order chi connectivity index (χ1) is 32.1. The average Bonchev–Trinajstić information content (AvgIpc) is 4.18. The van der Waals surface area contributed by atoms with Crippen LogP contribution in [0.5, 0.6) is 0 Å². The van der Waals surface area contributed by atoms with Crippen molar-refractivity contribution in [2.75, 3.05) is 16.3 Å². The molecule has 1 amide bonds. The maximum Gasteiger partial charge on any atom is 0.471 e. The van der Waals surface area contributed by atoms with E-state index >= 15 is 0 Å². The molecule has 9 rings (SSSR count). The number of nitrogens with zero attached hydrogens (tertiary/aromatic N) is 15. The molecule has 1 aliphatic rings. The molecule has 0 radical (unpaired) electrons. The van der Waals surface area contributed by atoms with Crippen molar-refractivity contribution < 1.29 is 50.1 Å². The van der Waals surface area contributed by atoms with E-state index in [-0.39, 0.29) is 48.1 Å². The van der Waals surface area contributed by atoms with Gasteiger partial charge in [-0.25, -0.2) is 14.8 Å². The van der Waals surface area contributed by atoms with Crippen molar-refractivity contribution in [3.63, 3.8) is 0 Å². The molecule has 1 N–H and O–H groups in total. The van der Waals surface area contributed by atoms with Crippen LogP contribution in [-0.2, 0) is 25.4 Å². The summed E-state index contributed by atoms with van der Waals surface area (Å²) in [6.45, 7) is 3.10. The summed E-state index contributed by atoms with van der Waals surface area (Å²) < 4.78 is 85.2. The molecular formula is C39H29F6N15O5S2. The van der Waals surface area contributed by atoms with Gasteiger partial charge in [0, 0.05) is 47.1 Å². The lowest BCUT2D eigenvalue weighted by Crippen LogP contribution is -2.34. The highest BCUT2D eigenvalue weighted by Gasteiger charge is 2.39. The van der Waals surface area contributed by atoms with E-state index in [1.807, 2.05) is 11.8 Å². The monoisotopic (exact) mass is 965 g/mol. The van der Waals surface area contributed by atoms with Gasteiger partial charge in [-0.2, -0.15) is 46.5 Å². The molecule has 1 atom stereocenters. The minimum Gasteiger partial charge on any atom is -0.478 e. The number of likely N-dealkylation sites (tertiary alicyclic amines) is 1.